The van der Waals surface area contributed by atoms with Crippen molar-refractivity contribution in [3.05, 3.63) is 30.3 Å². The first-order valence-electron chi connectivity index (χ1n) is 3.74. The minimum atomic E-state index is 0.0793. The Bertz CT molecular complexity index is 248. The summed E-state index contributed by atoms with van der Waals surface area (Å²) in [6, 6.07) is 9.49. The molecule has 0 aliphatic rings. The summed E-state index contributed by atoms with van der Waals surface area (Å²) in [7, 11) is 0. The smallest absolute Gasteiger partial charge is 0.225 e. The number of alkyl halides is 1. The minimum absolute atomic E-state index is 0.0793. The molecule has 3 heteroatoms. The van der Waals surface area contributed by atoms with Gasteiger partial charge in [0.2, 0.25) is 5.91 Å². The van der Waals surface area contributed by atoms with E-state index in [0.717, 1.165) is 10.1 Å². The molecule has 0 atom stereocenters. The predicted molar refractivity (Wildman–Crippen MR) is 58.6 cm³/mol. The highest BCUT2D eigenvalue weighted by Crippen LogP contribution is 2.05. The average Bonchev–Trinajstić information content (AvgIpc) is 2.06. The summed E-state index contributed by atoms with van der Waals surface area (Å²) in [4.78, 5) is 11.1. The molecule has 0 heterocycles. The van der Waals surface area contributed by atoms with E-state index in [0.29, 0.717) is 6.42 Å². The van der Waals surface area contributed by atoms with Crippen molar-refractivity contribution in [2.24, 2.45) is 0 Å². The van der Waals surface area contributed by atoms with Gasteiger partial charge in [-0.25, -0.2) is 0 Å². The van der Waals surface area contributed by atoms with Crippen molar-refractivity contribution in [1.82, 2.24) is 0 Å². The van der Waals surface area contributed by atoms with Crippen LogP contribution in [-0.2, 0) is 4.79 Å². The first kappa shape index (κ1) is 9.51. The molecule has 0 saturated carbocycles. The number of hydrogen-bond acceptors (Lipinski definition) is 1. The van der Waals surface area contributed by atoms with Gasteiger partial charge in [0.1, 0.15) is 0 Å². The molecule has 64 valence electrons. The maximum Gasteiger partial charge on any atom is 0.225 e. The van der Waals surface area contributed by atoms with E-state index in [1.165, 1.54) is 0 Å². The van der Waals surface area contributed by atoms with Gasteiger partial charge in [-0.1, -0.05) is 40.8 Å². The number of para-hydroxylation sites is 1. The van der Waals surface area contributed by atoms with Crippen LogP contribution in [-0.4, -0.2) is 10.3 Å². The first-order valence-corrected chi connectivity index (χ1v) is 5.26. The topological polar surface area (TPSA) is 29.1 Å². The molecular formula is C9H10INO. The van der Waals surface area contributed by atoms with Crippen molar-refractivity contribution >= 4 is 34.2 Å². The standard InChI is InChI=1S/C9H10INO/c10-7-6-9(12)11-8-4-2-1-3-5-8/h1-5H,6-7H2,(H,11,12). The van der Waals surface area contributed by atoms with Crippen molar-refractivity contribution in [2.75, 3.05) is 9.74 Å². The first-order chi connectivity index (χ1) is 5.83. The number of anilines is 1. The van der Waals surface area contributed by atoms with Crippen LogP contribution in [0.3, 0.4) is 0 Å². The zero-order valence-electron chi connectivity index (χ0n) is 6.59. The van der Waals surface area contributed by atoms with Gasteiger partial charge in [0.15, 0.2) is 0 Å². The zero-order valence-corrected chi connectivity index (χ0v) is 8.74. The van der Waals surface area contributed by atoms with Crippen LogP contribution in [0.4, 0.5) is 5.69 Å². The molecular weight excluding hydrogens is 265 g/mol. The van der Waals surface area contributed by atoms with E-state index in [1.807, 2.05) is 30.3 Å². The van der Waals surface area contributed by atoms with Gasteiger partial charge in [0, 0.05) is 16.5 Å². The maximum atomic E-state index is 11.1. The summed E-state index contributed by atoms with van der Waals surface area (Å²) >= 11 is 2.18. The highest BCUT2D eigenvalue weighted by atomic mass is 127. The minimum Gasteiger partial charge on any atom is -0.326 e. The Hall–Kier alpha value is -0.580. The number of carbonyl (C=O) groups is 1. The van der Waals surface area contributed by atoms with Gasteiger partial charge in [0.25, 0.3) is 0 Å². The third-order valence-electron chi connectivity index (χ3n) is 1.38. The largest absolute Gasteiger partial charge is 0.326 e. The number of amides is 1. The number of halogens is 1. The van der Waals surface area contributed by atoms with Crippen LogP contribution >= 0.6 is 22.6 Å². The summed E-state index contributed by atoms with van der Waals surface area (Å²) in [6.07, 6.45) is 0.579. The van der Waals surface area contributed by atoms with E-state index in [1.54, 1.807) is 0 Å². The Balaban J connectivity index is 2.47. The van der Waals surface area contributed by atoms with E-state index in [9.17, 15) is 4.79 Å². The molecule has 1 aromatic carbocycles. The molecule has 0 bridgehead atoms. The van der Waals surface area contributed by atoms with E-state index < -0.39 is 0 Å². The summed E-state index contributed by atoms with van der Waals surface area (Å²) in [6.45, 7) is 0. The van der Waals surface area contributed by atoms with Gasteiger partial charge in [-0.3, -0.25) is 4.79 Å². The van der Waals surface area contributed by atoms with Crippen LogP contribution in [0.25, 0.3) is 0 Å². The zero-order chi connectivity index (χ0) is 8.81. The lowest BCUT2D eigenvalue weighted by Gasteiger charge is -2.01. The SMILES string of the molecule is O=C(CCI)Nc1ccccc1. The van der Waals surface area contributed by atoms with Crippen LogP contribution in [0.2, 0.25) is 0 Å². The van der Waals surface area contributed by atoms with Crippen molar-refractivity contribution in [3.63, 3.8) is 0 Å². The monoisotopic (exact) mass is 275 g/mol. The molecule has 1 rings (SSSR count). The molecule has 2 nitrogen and oxygen atoms in total. The predicted octanol–water partition coefficient (Wildman–Crippen LogP) is 2.45. The van der Waals surface area contributed by atoms with E-state index in [4.69, 9.17) is 0 Å². The molecule has 0 aromatic heterocycles. The maximum absolute atomic E-state index is 11.1. The lowest BCUT2D eigenvalue weighted by Crippen LogP contribution is -2.11. The molecule has 1 aromatic rings. The Kier molecular flexibility index (Phi) is 4.07. The highest BCUT2D eigenvalue weighted by Gasteiger charge is 1.98. The molecule has 1 N–H and O–H groups in total. The van der Waals surface area contributed by atoms with E-state index in [-0.39, 0.29) is 5.91 Å². The molecule has 0 saturated heterocycles. The number of hydrogen-bond donors (Lipinski definition) is 1. The molecule has 0 aliphatic carbocycles. The fraction of sp³-hybridized carbons (Fsp3) is 0.222. The second-order valence-electron chi connectivity index (χ2n) is 2.35. The Morgan fingerprint density at radius 2 is 2.00 bits per heavy atom. The molecule has 0 unspecified atom stereocenters. The van der Waals surface area contributed by atoms with Crippen molar-refractivity contribution in [1.29, 1.82) is 0 Å². The van der Waals surface area contributed by atoms with Crippen LogP contribution in [0.5, 0.6) is 0 Å². The van der Waals surface area contributed by atoms with Crippen LogP contribution in [0.15, 0.2) is 30.3 Å². The molecule has 0 aliphatic heterocycles. The number of benzene rings is 1. The van der Waals surface area contributed by atoms with Crippen molar-refractivity contribution in [2.45, 2.75) is 6.42 Å². The highest BCUT2D eigenvalue weighted by molar-refractivity contribution is 14.1. The van der Waals surface area contributed by atoms with E-state index >= 15 is 0 Å². The number of rotatable bonds is 3. The Morgan fingerprint density at radius 1 is 1.33 bits per heavy atom. The van der Waals surface area contributed by atoms with Crippen LogP contribution in [0.1, 0.15) is 6.42 Å². The third-order valence-corrected chi connectivity index (χ3v) is 1.92. The van der Waals surface area contributed by atoms with Crippen LogP contribution in [0, 0.1) is 0 Å². The second-order valence-corrected chi connectivity index (χ2v) is 3.43. The van der Waals surface area contributed by atoms with Crippen LogP contribution < -0.4 is 5.32 Å². The molecule has 0 fully saturated rings. The Labute approximate surface area is 85.5 Å². The summed E-state index contributed by atoms with van der Waals surface area (Å²) in [5, 5.41) is 2.80. The van der Waals surface area contributed by atoms with E-state index in [2.05, 4.69) is 27.9 Å². The van der Waals surface area contributed by atoms with Crippen molar-refractivity contribution < 1.29 is 4.79 Å². The van der Waals surface area contributed by atoms with Gasteiger partial charge in [-0.05, 0) is 12.1 Å². The number of nitrogens with one attached hydrogen (secondary N) is 1. The van der Waals surface area contributed by atoms with Gasteiger partial charge < -0.3 is 5.32 Å². The summed E-state index contributed by atoms with van der Waals surface area (Å²) < 4.78 is 0.858. The molecule has 1 amide bonds. The van der Waals surface area contributed by atoms with Gasteiger partial charge >= 0.3 is 0 Å². The summed E-state index contributed by atoms with van der Waals surface area (Å²) in [5.74, 6) is 0.0793. The van der Waals surface area contributed by atoms with Gasteiger partial charge in [-0.15, -0.1) is 0 Å². The fourth-order valence-electron chi connectivity index (χ4n) is 0.831. The molecule has 12 heavy (non-hydrogen) atoms. The van der Waals surface area contributed by atoms with Gasteiger partial charge in [0.05, 0.1) is 0 Å². The lowest BCUT2D eigenvalue weighted by molar-refractivity contribution is -0.115. The second kappa shape index (κ2) is 5.13. The third kappa shape index (κ3) is 3.21. The quantitative estimate of drug-likeness (QED) is 0.666. The summed E-state index contributed by atoms with van der Waals surface area (Å²) in [5.41, 5.74) is 0.868. The van der Waals surface area contributed by atoms with Gasteiger partial charge in [-0.2, -0.15) is 0 Å². The average molecular weight is 275 g/mol. The molecule has 0 spiro atoms. The Morgan fingerprint density at radius 3 is 2.58 bits per heavy atom. The number of carbonyl (C=O) groups excluding carboxylic acids is 1. The normalized spacial score (nSPS) is 9.42. The molecule has 0 radical (unpaired) electrons. The van der Waals surface area contributed by atoms with Crippen molar-refractivity contribution in [3.8, 4) is 0 Å². The fourth-order valence-corrected chi connectivity index (χ4v) is 1.32. The lowest BCUT2D eigenvalue weighted by atomic mass is 10.3.